The average molecular weight is 209 g/mol. The Morgan fingerprint density at radius 3 is 1.62 bits per heavy atom. The van der Waals surface area contributed by atoms with Crippen molar-refractivity contribution in [2.24, 2.45) is 0 Å². The van der Waals surface area contributed by atoms with Crippen LogP contribution < -0.4 is 0 Å². The summed E-state index contributed by atoms with van der Waals surface area (Å²) in [7, 11) is -2.61. The normalized spacial score (nSPS) is 11.3. The number of rotatable bonds is 8. The molecule has 5 heteroatoms. The monoisotopic (exact) mass is 209 g/mol. The Balaban J connectivity index is 4.27. The van der Waals surface area contributed by atoms with Gasteiger partial charge in [0.25, 0.3) is 0 Å². The summed E-state index contributed by atoms with van der Waals surface area (Å²) in [5.74, 6) is 0. The van der Waals surface area contributed by atoms with Crippen LogP contribution in [0.15, 0.2) is 12.8 Å². The second-order valence-electron chi connectivity index (χ2n) is 1.97. The van der Waals surface area contributed by atoms with Crippen molar-refractivity contribution in [3.05, 3.63) is 12.8 Å². The van der Waals surface area contributed by atoms with Gasteiger partial charge in [-0.2, -0.15) is 0 Å². The molecule has 0 aromatic carbocycles. The van der Waals surface area contributed by atoms with Crippen molar-refractivity contribution >= 4 is 8.17 Å². The Morgan fingerprint density at radius 2 is 1.38 bits per heavy atom. The molecule has 78 valence electrons. The van der Waals surface area contributed by atoms with E-state index in [4.69, 9.17) is 18.1 Å². The fraction of sp³-hybridized carbons (Fsp3) is 0.750. The van der Waals surface area contributed by atoms with Gasteiger partial charge < -0.3 is 0 Å². The molecule has 0 saturated heterocycles. The van der Waals surface area contributed by atoms with E-state index in [1.165, 1.54) is 6.26 Å². The van der Waals surface area contributed by atoms with E-state index in [0.29, 0.717) is 19.8 Å². The van der Waals surface area contributed by atoms with Crippen LogP contribution in [0.3, 0.4) is 0 Å². The van der Waals surface area contributed by atoms with E-state index in [0.717, 1.165) is 0 Å². The molecule has 0 aliphatic carbocycles. The van der Waals surface area contributed by atoms with E-state index in [1.54, 1.807) is 0 Å². The number of hydrogen-bond acceptors (Lipinski definition) is 4. The minimum absolute atomic E-state index is 0.488. The molecule has 0 aromatic heterocycles. The highest BCUT2D eigenvalue weighted by molar-refractivity contribution is 7.56. The predicted molar refractivity (Wildman–Crippen MR) is 53.1 cm³/mol. The molecule has 0 N–H and O–H groups in total. The van der Waals surface area contributed by atoms with Crippen molar-refractivity contribution in [1.82, 2.24) is 0 Å². The molecule has 0 atom stereocenters. The van der Waals surface area contributed by atoms with Crippen molar-refractivity contribution < 1.29 is 18.1 Å². The lowest BCUT2D eigenvalue weighted by atomic mass is 10.9. The molecular weight excluding hydrogens is 191 g/mol. The summed E-state index contributed by atoms with van der Waals surface area (Å²) in [5, 5.41) is 0. The lowest BCUT2D eigenvalue weighted by molar-refractivity contribution is 0.0871. The van der Waals surface area contributed by atoms with Crippen LogP contribution in [0.2, 0.25) is 0 Å². The molecule has 0 heterocycles. The van der Waals surface area contributed by atoms with Crippen molar-refractivity contribution in [2.75, 3.05) is 19.8 Å². The average Bonchev–Trinajstić information content (AvgIpc) is 2.06. The first-order valence-electron chi connectivity index (χ1n) is 4.36. The van der Waals surface area contributed by atoms with E-state index in [9.17, 15) is 0 Å². The maximum absolute atomic E-state index is 5.32. The minimum atomic E-state index is -2.61. The van der Waals surface area contributed by atoms with Gasteiger partial charge in [-0.1, -0.05) is 6.58 Å². The van der Waals surface area contributed by atoms with Crippen LogP contribution in [0.5, 0.6) is 0 Å². The molecule has 13 heavy (non-hydrogen) atoms. The van der Waals surface area contributed by atoms with Crippen LogP contribution in [0.1, 0.15) is 20.8 Å². The van der Waals surface area contributed by atoms with Gasteiger partial charge in [0.1, 0.15) is 6.26 Å². The fourth-order valence-electron chi connectivity index (χ4n) is 0.769. The fourth-order valence-corrected chi connectivity index (χ4v) is 2.31. The zero-order valence-corrected chi connectivity index (χ0v) is 9.38. The highest BCUT2D eigenvalue weighted by Gasteiger charge is 2.48. The molecular formula is C8H18O4P+. The van der Waals surface area contributed by atoms with Gasteiger partial charge in [-0.3, -0.25) is 4.52 Å². The summed E-state index contributed by atoms with van der Waals surface area (Å²) in [6, 6.07) is 0. The molecule has 0 aliphatic heterocycles. The SMILES string of the molecule is C=CO[P+](OCC)(OCC)OCC. The van der Waals surface area contributed by atoms with Crippen LogP contribution in [-0.2, 0) is 18.1 Å². The van der Waals surface area contributed by atoms with Crippen molar-refractivity contribution in [3.8, 4) is 0 Å². The third-order valence-corrected chi connectivity index (χ3v) is 3.20. The summed E-state index contributed by atoms with van der Waals surface area (Å²) in [4.78, 5) is 0. The standard InChI is InChI=1S/C8H18O4P/c1-5-9-13(10-6-2,11-7-3)12-8-4/h5H,1,6-8H2,2-4H3/q+1. The first kappa shape index (κ1) is 12.8. The molecule has 0 spiro atoms. The minimum Gasteiger partial charge on any atom is -0.269 e. The van der Waals surface area contributed by atoms with Gasteiger partial charge in [-0.25, -0.2) is 0 Å². The van der Waals surface area contributed by atoms with E-state index >= 15 is 0 Å². The van der Waals surface area contributed by atoms with Crippen molar-refractivity contribution in [1.29, 1.82) is 0 Å². The Morgan fingerprint density at radius 1 is 1.00 bits per heavy atom. The first-order valence-corrected chi connectivity index (χ1v) is 5.82. The van der Waals surface area contributed by atoms with E-state index in [2.05, 4.69) is 6.58 Å². The van der Waals surface area contributed by atoms with Crippen molar-refractivity contribution in [2.45, 2.75) is 20.8 Å². The van der Waals surface area contributed by atoms with Gasteiger partial charge in [-0.05, 0) is 20.8 Å². The summed E-state index contributed by atoms with van der Waals surface area (Å²) in [5.41, 5.74) is 0. The molecule has 0 fully saturated rings. The lowest BCUT2D eigenvalue weighted by Crippen LogP contribution is -2.08. The van der Waals surface area contributed by atoms with Crippen LogP contribution in [0.4, 0.5) is 0 Å². The van der Waals surface area contributed by atoms with E-state index in [-0.39, 0.29) is 0 Å². The third-order valence-electron chi connectivity index (χ3n) is 1.07. The topological polar surface area (TPSA) is 36.9 Å². The maximum Gasteiger partial charge on any atom is 0.621 e. The van der Waals surface area contributed by atoms with Crippen molar-refractivity contribution in [3.63, 3.8) is 0 Å². The quantitative estimate of drug-likeness (QED) is 0.455. The largest absolute Gasteiger partial charge is 0.621 e. The molecule has 0 saturated carbocycles. The summed E-state index contributed by atoms with van der Waals surface area (Å²) < 4.78 is 21.1. The smallest absolute Gasteiger partial charge is 0.269 e. The van der Waals surface area contributed by atoms with Crippen LogP contribution in [-0.4, -0.2) is 19.8 Å². The lowest BCUT2D eigenvalue weighted by Gasteiger charge is -2.16. The van der Waals surface area contributed by atoms with Crippen LogP contribution >= 0.6 is 8.17 Å². The van der Waals surface area contributed by atoms with Gasteiger partial charge in [0.2, 0.25) is 0 Å². The molecule has 4 nitrogen and oxygen atoms in total. The van der Waals surface area contributed by atoms with Crippen LogP contribution in [0.25, 0.3) is 0 Å². The summed E-state index contributed by atoms with van der Waals surface area (Å²) in [6.07, 6.45) is 1.29. The predicted octanol–water partition coefficient (Wildman–Crippen LogP) is 2.93. The van der Waals surface area contributed by atoms with Gasteiger partial charge in [0.15, 0.2) is 0 Å². The molecule has 0 rings (SSSR count). The zero-order chi connectivity index (χ0) is 10.2. The summed E-state index contributed by atoms with van der Waals surface area (Å²) >= 11 is 0. The molecule has 0 radical (unpaired) electrons. The third kappa shape index (κ3) is 4.58. The highest BCUT2D eigenvalue weighted by Crippen LogP contribution is 2.63. The Kier molecular flexibility index (Phi) is 7.19. The van der Waals surface area contributed by atoms with Gasteiger partial charge in [0.05, 0.1) is 19.8 Å². The van der Waals surface area contributed by atoms with Gasteiger partial charge >= 0.3 is 8.17 Å². The van der Waals surface area contributed by atoms with E-state index in [1.807, 2.05) is 20.8 Å². The number of hydrogen-bond donors (Lipinski definition) is 0. The first-order chi connectivity index (χ1) is 6.24. The Labute approximate surface area is 80.5 Å². The Hall–Kier alpha value is -0.150. The Bertz CT molecular complexity index is 123. The van der Waals surface area contributed by atoms with E-state index < -0.39 is 8.17 Å². The second kappa shape index (κ2) is 7.27. The zero-order valence-electron chi connectivity index (χ0n) is 8.49. The molecule has 0 aliphatic rings. The molecule has 0 bridgehead atoms. The van der Waals surface area contributed by atoms with Gasteiger partial charge in [-0.15, -0.1) is 13.6 Å². The highest BCUT2D eigenvalue weighted by atomic mass is 31.2. The van der Waals surface area contributed by atoms with Crippen LogP contribution in [0, 0.1) is 0 Å². The molecule has 0 amide bonds. The molecule has 0 unspecified atom stereocenters. The maximum atomic E-state index is 5.32. The second-order valence-corrected chi connectivity index (χ2v) is 3.85. The van der Waals surface area contributed by atoms with Gasteiger partial charge in [0, 0.05) is 0 Å². The molecule has 0 aromatic rings. The summed E-state index contributed by atoms with van der Waals surface area (Å²) in [6.45, 7) is 10.5.